The highest BCUT2D eigenvalue weighted by Gasteiger charge is 2.03. The number of urea groups is 1. The Morgan fingerprint density at radius 2 is 1.76 bits per heavy atom. The molecule has 21 heavy (non-hydrogen) atoms. The van der Waals surface area contributed by atoms with E-state index in [1.54, 1.807) is 6.08 Å². The lowest BCUT2D eigenvalue weighted by atomic mass is 10.2. The summed E-state index contributed by atoms with van der Waals surface area (Å²) in [5, 5.41) is 9.59. The molecule has 0 bridgehead atoms. The van der Waals surface area contributed by atoms with Gasteiger partial charge in [-0.15, -0.1) is 0 Å². The summed E-state index contributed by atoms with van der Waals surface area (Å²) in [6.45, 7) is 4.20. The number of benzene rings is 1. The molecular weight excluding hydrogens is 266 g/mol. The molecule has 1 aromatic heterocycles. The van der Waals surface area contributed by atoms with Crippen LogP contribution in [0.4, 0.5) is 4.79 Å². The van der Waals surface area contributed by atoms with Gasteiger partial charge in [0.2, 0.25) is 0 Å². The molecule has 0 aliphatic rings. The minimum absolute atomic E-state index is 0.0624. The maximum Gasteiger partial charge on any atom is 0.338 e. The minimum atomic E-state index is -0.867. The Morgan fingerprint density at radius 3 is 2.29 bits per heavy atom. The zero-order valence-corrected chi connectivity index (χ0v) is 12.2. The SMILES string of the molecule is Cc1ccc(C)n1-c1ccc(/C=C/CN(O)C(N)=O)cc1. The zero-order chi connectivity index (χ0) is 15.4. The second-order valence-corrected chi connectivity index (χ2v) is 4.87. The Kier molecular flexibility index (Phi) is 4.45. The molecule has 5 nitrogen and oxygen atoms in total. The average Bonchev–Trinajstić information content (AvgIpc) is 2.79. The molecule has 0 atom stereocenters. The number of carbonyl (C=O) groups excluding carboxylic acids is 1. The first-order valence-electron chi connectivity index (χ1n) is 6.67. The van der Waals surface area contributed by atoms with Crippen LogP contribution in [0.3, 0.4) is 0 Å². The molecular formula is C16H19N3O2. The molecule has 0 aliphatic heterocycles. The third-order valence-electron chi connectivity index (χ3n) is 3.27. The molecule has 1 aromatic carbocycles. The summed E-state index contributed by atoms with van der Waals surface area (Å²) < 4.78 is 2.18. The van der Waals surface area contributed by atoms with E-state index in [1.165, 1.54) is 11.4 Å². The Bertz CT molecular complexity index is 637. The summed E-state index contributed by atoms with van der Waals surface area (Å²) in [6.07, 6.45) is 3.50. The van der Waals surface area contributed by atoms with Gasteiger partial charge >= 0.3 is 6.03 Å². The summed E-state index contributed by atoms with van der Waals surface area (Å²) >= 11 is 0. The molecule has 2 aromatic rings. The molecule has 1 heterocycles. The smallest absolute Gasteiger partial charge is 0.338 e. The van der Waals surface area contributed by atoms with E-state index in [0.29, 0.717) is 5.06 Å². The molecule has 2 amide bonds. The largest absolute Gasteiger partial charge is 0.350 e. The van der Waals surface area contributed by atoms with E-state index >= 15 is 0 Å². The van der Waals surface area contributed by atoms with Crippen LogP contribution in [0.5, 0.6) is 0 Å². The quantitative estimate of drug-likeness (QED) is 0.669. The molecule has 0 aliphatic carbocycles. The third kappa shape index (κ3) is 3.52. The van der Waals surface area contributed by atoms with Gasteiger partial charge in [-0.1, -0.05) is 24.3 Å². The number of aromatic nitrogens is 1. The number of nitrogens with zero attached hydrogens (tertiary/aromatic N) is 2. The molecule has 5 heteroatoms. The number of hydrogen-bond donors (Lipinski definition) is 2. The number of carbonyl (C=O) groups is 1. The van der Waals surface area contributed by atoms with Gasteiger partial charge in [0, 0.05) is 17.1 Å². The molecule has 0 radical (unpaired) electrons. The molecule has 0 fully saturated rings. The van der Waals surface area contributed by atoms with Gasteiger partial charge in [0.25, 0.3) is 0 Å². The van der Waals surface area contributed by atoms with E-state index in [-0.39, 0.29) is 6.54 Å². The fraction of sp³-hybridized carbons (Fsp3) is 0.188. The van der Waals surface area contributed by atoms with Crippen LogP contribution < -0.4 is 5.73 Å². The Labute approximate surface area is 123 Å². The normalized spacial score (nSPS) is 11.0. The van der Waals surface area contributed by atoms with E-state index in [2.05, 4.69) is 30.5 Å². The van der Waals surface area contributed by atoms with E-state index in [9.17, 15) is 4.79 Å². The van der Waals surface area contributed by atoms with Crippen LogP contribution in [0.1, 0.15) is 17.0 Å². The first-order chi connectivity index (χ1) is 9.99. The van der Waals surface area contributed by atoms with Crippen LogP contribution in [-0.4, -0.2) is 27.4 Å². The van der Waals surface area contributed by atoms with Crippen molar-refractivity contribution in [3.63, 3.8) is 0 Å². The van der Waals surface area contributed by atoms with Crippen molar-refractivity contribution in [2.45, 2.75) is 13.8 Å². The first kappa shape index (κ1) is 14.9. The van der Waals surface area contributed by atoms with Crippen molar-refractivity contribution in [1.29, 1.82) is 0 Å². The summed E-state index contributed by atoms with van der Waals surface area (Å²) in [5.74, 6) is 0. The summed E-state index contributed by atoms with van der Waals surface area (Å²) in [4.78, 5) is 10.6. The van der Waals surface area contributed by atoms with Crippen molar-refractivity contribution in [3.05, 3.63) is 59.4 Å². The highest BCUT2D eigenvalue weighted by atomic mass is 16.5. The number of nitrogens with two attached hydrogens (primary N) is 1. The zero-order valence-electron chi connectivity index (χ0n) is 12.2. The monoisotopic (exact) mass is 285 g/mol. The van der Waals surface area contributed by atoms with Crippen molar-refractivity contribution in [1.82, 2.24) is 9.63 Å². The number of amides is 2. The Balaban J connectivity index is 2.09. The van der Waals surface area contributed by atoms with E-state index in [4.69, 9.17) is 10.9 Å². The highest BCUT2D eigenvalue weighted by Crippen LogP contribution is 2.17. The van der Waals surface area contributed by atoms with E-state index < -0.39 is 6.03 Å². The first-order valence-corrected chi connectivity index (χ1v) is 6.67. The van der Waals surface area contributed by atoms with Crippen LogP contribution in [0.15, 0.2) is 42.5 Å². The number of aryl methyl sites for hydroxylation is 2. The third-order valence-corrected chi connectivity index (χ3v) is 3.27. The highest BCUT2D eigenvalue weighted by molar-refractivity contribution is 5.70. The maximum absolute atomic E-state index is 10.6. The number of hydroxylamine groups is 2. The van der Waals surface area contributed by atoms with Crippen molar-refractivity contribution in [2.75, 3.05) is 6.54 Å². The van der Waals surface area contributed by atoms with Crippen molar-refractivity contribution in [3.8, 4) is 5.69 Å². The van der Waals surface area contributed by atoms with Gasteiger partial charge in [-0.25, -0.2) is 9.86 Å². The van der Waals surface area contributed by atoms with Gasteiger partial charge in [0.05, 0.1) is 6.54 Å². The number of rotatable bonds is 4. The van der Waals surface area contributed by atoms with Gasteiger partial charge in [-0.3, -0.25) is 5.21 Å². The second kappa shape index (κ2) is 6.28. The lowest BCUT2D eigenvalue weighted by Gasteiger charge is -2.10. The van der Waals surface area contributed by atoms with Crippen LogP contribution in [-0.2, 0) is 0 Å². The minimum Gasteiger partial charge on any atom is -0.350 e. The molecule has 0 spiro atoms. The van der Waals surface area contributed by atoms with Crippen LogP contribution in [0.25, 0.3) is 11.8 Å². The van der Waals surface area contributed by atoms with Crippen molar-refractivity contribution < 1.29 is 10.0 Å². The lowest BCUT2D eigenvalue weighted by Crippen LogP contribution is -2.32. The van der Waals surface area contributed by atoms with Gasteiger partial charge in [-0.2, -0.15) is 0 Å². The van der Waals surface area contributed by atoms with E-state index in [1.807, 2.05) is 30.3 Å². The van der Waals surface area contributed by atoms with Crippen molar-refractivity contribution >= 4 is 12.1 Å². The summed E-state index contributed by atoms with van der Waals surface area (Å²) in [7, 11) is 0. The molecule has 0 unspecified atom stereocenters. The molecule has 110 valence electrons. The fourth-order valence-corrected chi connectivity index (χ4v) is 2.19. The Hall–Kier alpha value is -2.53. The van der Waals surface area contributed by atoms with Gasteiger partial charge in [0.15, 0.2) is 0 Å². The number of hydrogen-bond acceptors (Lipinski definition) is 2. The second-order valence-electron chi connectivity index (χ2n) is 4.87. The predicted octanol–water partition coefficient (Wildman–Crippen LogP) is 2.88. The van der Waals surface area contributed by atoms with Crippen LogP contribution in [0, 0.1) is 13.8 Å². The van der Waals surface area contributed by atoms with Gasteiger partial charge < -0.3 is 10.3 Å². The van der Waals surface area contributed by atoms with Crippen LogP contribution in [0.2, 0.25) is 0 Å². The lowest BCUT2D eigenvalue weighted by molar-refractivity contribution is -0.0286. The average molecular weight is 285 g/mol. The predicted molar refractivity (Wildman–Crippen MR) is 82.4 cm³/mol. The van der Waals surface area contributed by atoms with E-state index in [0.717, 1.165) is 11.3 Å². The molecule has 2 rings (SSSR count). The summed E-state index contributed by atoms with van der Waals surface area (Å²) in [5.41, 5.74) is 9.38. The molecule has 3 N–H and O–H groups in total. The molecule has 0 saturated carbocycles. The topological polar surface area (TPSA) is 71.5 Å². The summed E-state index contributed by atoms with van der Waals surface area (Å²) in [6, 6.07) is 11.3. The van der Waals surface area contributed by atoms with Crippen molar-refractivity contribution in [2.24, 2.45) is 5.73 Å². The number of primary amides is 1. The van der Waals surface area contributed by atoms with Gasteiger partial charge in [0.1, 0.15) is 0 Å². The van der Waals surface area contributed by atoms with Crippen LogP contribution >= 0.6 is 0 Å². The molecule has 0 saturated heterocycles. The fourth-order valence-electron chi connectivity index (χ4n) is 2.19. The Morgan fingerprint density at radius 1 is 1.19 bits per heavy atom. The maximum atomic E-state index is 10.6. The van der Waals surface area contributed by atoms with Gasteiger partial charge in [-0.05, 0) is 43.7 Å². The standard InChI is InChI=1S/C16H19N3O2/c1-12-5-6-13(2)19(12)15-9-7-14(8-10-15)4-3-11-18(21)16(17)20/h3-10,21H,11H2,1-2H3,(H2,17,20)/b4-3+.